The summed E-state index contributed by atoms with van der Waals surface area (Å²) in [5.41, 5.74) is 8.85. The van der Waals surface area contributed by atoms with E-state index in [4.69, 9.17) is 5.73 Å². The molecule has 1 heterocycles. The quantitative estimate of drug-likeness (QED) is 0.875. The van der Waals surface area contributed by atoms with E-state index in [0.717, 1.165) is 12.6 Å². The predicted octanol–water partition coefficient (Wildman–Crippen LogP) is 3.68. The number of rotatable bonds is 5. The van der Waals surface area contributed by atoms with Crippen LogP contribution in [0.2, 0.25) is 0 Å². The summed E-state index contributed by atoms with van der Waals surface area (Å²) in [7, 11) is 0. The lowest BCUT2D eigenvalue weighted by molar-refractivity contribution is 0.180. The van der Waals surface area contributed by atoms with Crippen LogP contribution in [0.3, 0.4) is 0 Å². The van der Waals surface area contributed by atoms with Crippen LogP contribution in [0.1, 0.15) is 63.1 Å². The number of hydrogen-bond donors (Lipinski definition) is 1. The second kappa shape index (κ2) is 6.53. The van der Waals surface area contributed by atoms with Gasteiger partial charge in [-0.3, -0.25) is 4.90 Å². The first-order valence-corrected chi connectivity index (χ1v) is 7.73. The molecule has 0 aliphatic carbocycles. The molecule has 0 saturated carbocycles. The SMILES string of the molecule is CCC1CCCN1C(CN)c1ccc(C(C)C)cc1. The van der Waals surface area contributed by atoms with E-state index >= 15 is 0 Å². The van der Waals surface area contributed by atoms with Crippen LogP contribution in [0.5, 0.6) is 0 Å². The van der Waals surface area contributed by atoms with E-state index in [2.05, 4.69) is 49.9 Å². The van der Waals surface area contributed by atoms with Gasteiger partial charge in [-0.15, -0.1) is 0 Å². The molecule has 2 rings (SSSR count). The van der Waals surface area contributed by atoms with Crippen LogP contribution in [-0.2, 0) is 0 Å². The summed E-state index contributed by atoms with van der Waals surface area (Å²) in [5, 5.41) is 0. The topological polar surface area (TPSA) is 29.3 Å². The maximum absolute atomic E-state index is 6.06. The minimum Gasteiger partial charge on any atom is -0.329 e. The van der Waals surface area contributed by atoms with Gasteiger partial charge in [0, 0.05) is 18.6 Å². The third kappa shape index (κ3) is 3.18. The largest absolute Gasteiger partial charge is 0.329 e. The van der Waals surface area contributed by atoms with E-state index in [0.29, 0.717) is 12.0 Å². The van der Waals surface area contributed by atoms with Gasteiger partial charge in [0.25, 0.3) is 0 Å². The highest BCUT2D eigenvalue weighted by Crippen LogP contribution is 2.30. The van der Waals surface area contributed by atoms with Crippen LogP contribution in [0.4, 0.5) is 0 Å². The van der Waals surface area contributed by atoms with Crippen molar-refractivity contribution in [3.63, 3.8) is 0 Å². The minimum absolute atomic E-state index is 0.397. The molecule has 0 bridgehead atoms. The Balaban J connectivity index is 2.17. The summed E-state index contributed by atoms with van der Waals surface area (Å²) in [6.45, 7) is 8.69. The zero-order chi connectivity index (χ0) is 13.8. The Bertz CT molecular complexity index is 383. The maximum atomic E-state index is 6.06. The minimum atomic E-state index is 0.397. The fourth-order valence-corrected chi connectivity index (χ4v) is 3.27. The van der Waals surface area contributed by atoms with Crippen molar-refractivity contribution >= 4 is 0 Å². The summed E-state index contributed by atoms with van der Waals surface area (Å²) in [6, 6.07) is 10.2. The first kappa shape index (κ1) is 14.5. The van der Waals surface area contributed by atoms with Gasteiger partial charge >= 0.3 is 0 Å². The van der Waals surface area contributed by atoms with Crippen LogP contribution in [0.15, 0.2) is 24.3 Å². The third-order valence-electron chi connectivity index (χ3n) is 4.51. The number of nitrogens with zero attached hydrogens (tertiary/aromatic N) is 1. The molecule has 1 fully saturated rings. The van der Waals surface area contributed by atoms with Gasteiger partial charge in [0.2, 0.25) is 0 Å². The van der Waals surface area contributed by atoms with Crippen molar-refractivity contribution in [3.05, 3.63) is 35.4 Å². The molecule has 0 spiro atoms. The predicted molar refractivity (Wildman–Crippen MR) is 82.3 cm³/mol. The number of hydrogen-bond acceptors (Lipinski definition) is 2. The van der Waals surface area contributed by atoms with Gasteiger partial charge in [-0.25, -0.2) is 0 Å². The Labute approximate surface area is 118 Å². The monoisotopic (exact) mass is 260 g/mol. The normalized spacial score (nSPS) is 22.1. The van der Waals surface area contributed by atoms with Crippen LogP contribution in [0, 0.1) is 0 Å². The van der Waals surface area contributed by atoms with Crippen molar-refractivity contribution in [2.24, 2.45) is 5.73 Å². The molecule has 1 aliphatic rings. The summed E-state index contributed by atoms with van der Waals surface area (Å²) in [6.07, 6.45) is 3.89. The number of likely N-dealkylation sites (tertiary alicyclic amines) is 1. The molecule has 2 nitrogen and oxygen atoms in total. The molecule has 2 heteroatoms. The molecule has 106 valence electrons. The smallest absolute Gasteiger partial charge is 0.0473 e. The van der Waals surface area contributed by atoms with Crippen molar-refractivity contribution in [1.82, 2.24) is 4.90 Å². The molecule has 2 atom stereocenters. The van der Waals surface area contributed by atoms with E-state index in [9.17, 15) is 0 Å². The van der Waals surface area contributed by atoms with Crippen LogP contribution in [-0.4, -0.2) is 24.0 Å². The highest BCUT2D eigenvalue weighted by molar-refractivity contribution is 5.27. The fourth-order valence-electron chi connectivity index (χ4n) is 3.27. The molecular formula is C17H28N2. The van der Waals surface area contributed by atoms with Gasteiger partial charge in [-0.2, -0.15) is 0 Å². The molecule has 2 N–H and O–H groups in total. The zero-order valence-electron chi connectivity index (χ0n) is 12.6. The standard InChI is InChI=1S/C17H28N2/c1-4-16-6-5-11-19(16)17(12-18)15-9-7-14(8-10-15)13(2)3/h7-10,13,16-17H,4-6,11-12,18H2,1-3H3. The first-order chi connectivity index (χ1) is 9.17. The van der Waals surface area contributed by atoms with E-state index in [-0.39, 0.29) is 0 Å². The summed E-state index contributed by atoms with van der Waals surface area (Å²) in [5.74, 6) is 0.598. The number of benzene rings is 1. The molecule has 1 aliphatic heterocycles. The van der Waals surface area contributed by atoms with Gasteiger partial charge in [0.1, 0.15) is 0 Å². The van der Waals surface area contributed by atoms with Crippen molar-refractivity contribution in [2.45, 2.75) is 58.0 Å². The number of nitrogens with two attached hydrogens (primary N) is 1. The van der Waals surface area contributed by atoms with Crippen LogP contribution < -0.4 is 5.73 Å². The molecule has 0 radical (unpaired) electrons. The van der Waals surface area contributed by atoms with Crippen LogP contribution >= 0.6 is 0 Å². The van der Waals surface area contributed by atoms with E-state index in [1.54, 1.807) is 0 Å². The molecule has 1 aromatic carbocycles. The average molecular weight is 260 g/mol. The Kier molecular flexibility index (Phi) is 5.00. The Morgan fingerprint density at radius 2 is 1.84 bits per heavy atom. The lowest BCUT2D eigenvalue weighted by Gasteiger charge is -2.32. The second-order valence-electron chi connectivity index (χ2n) is 6.01. The molecule has 0 aromatic heterocycles. The highest BCUT2D eigenvalue weighted by Gasteiger charge is 2.29. The summed E-state index contributed by atoms with van der Waals surface area (Å²) in [4.78, 5) is 2.62. The highest BCUT2D eigenvalue weighted by atomic mass is 15.2. The molecule has 0 amide bonds. The van der Waals surface area contributed by atoms with E-state index in [1.165, 1.54) is 36.9 Å². The van der Waals surface area contributed by atoms with Gasteiger partial charge < -0.3 is 5.73 Å². The van der Waals surface area contributed by atoms with Gasteiger partial charge in [-0.1, -0.05) is 45.0 Å². The molecule has 19 heavy (non-hydrogen) atoms. The van der Waals surface area contributed by atoms with E-state index in [1.807, 2.05) is 0 Å². The maximum Gasteiger partial charge on any atom is 0.0473 e. The lowest BCUT2D eigenvalue weighted by Crippen LogP contribution is -2.37. The van der Waals surface area contributed by atoms with Crippen molar-refractivity contribution in [1.29, 1.82) is 0 Å². The van der Waals surface area contributed by atoms with Crippen LogP contribution in [0.25, 0.3) is 0 Å². The second-order valence-corrected chi connectivity index (χ2v) is 6.01. The summed E-state index contributed by atoms with van der Waals surface area (Å²) >= 11 is 0. The van der Waals surface area contributed by atoms with E-state index < -0.39 is 0 Å². The fraction of sp³-hybridized carbons (Fsp3) is 0.647. The van der Waals surface area contributed by atoms with Gasteiger partial charge in [0.15, 0.2) is 0 Å². The summed E-state index contributed by atoms with van der Waals surface area (Å²) < 4.78 is 0. The van der Waals surface area contributed by atoms with Crippen molar-refractivity contribution in [2.75, 3.05) is 13.1 Å². The van der Waals surface area contributed by atoms with Crippen molar-refractivity contribution in [3.8, 4) is 0 Å². The lowest BCUT2D eigenvalue weighted by atomic mass is 9.98. The Morgan fingerprint density at radius 1 is 1.21 bits per heavy atom. The Hall–Kier alpha value is -0.860. The molecule has 1 aromatic rings. The zero-order valence-corrected chi connectivity index (χ0v) is 12.6. The third-order valence-corrected chi connectivity index (χ3v) is 4.51. The van der Waals surface area contributed by atoms with Gasteiger partial charge in [-0.05, 0) is 42.9 Å². The average Bonchev–Trinajstić information content (AvgIpc) is 2.88. The van der Waals surface area contributed by atoms with Gasteiger partial charge in [0.05, 0.1) is 0 Å². The first-order valence-electron chi connectivity index (χ1n) is 7.73. The van der Waals surface area contributed by atoms with Crippen molar-refractivity contribution < 1.29 is 0 Å². The molecule has 1 saturated heterocycles. The molecular weight excluding hydrogens is 232 g/mol. The Morgan fingerprint density at radius 3 is 2.37 bits per heavy atom. The molecule has 2 unspecified atom stereocenters.